The van der Waals surface area contributed by atoms with Crippen molar-refractivity contribution >= 4 is 44.7 Å². The number of halogens is 2. The van der Waals surface area contributed by atoms with Gasteiger partial charge in [-0.15, -0.1) is 0 Å². The van der Waals surface area contributed by atoms with Gasteiger partial charge in [0, 0.05) is 21.4 Å². The van der Waals surface area contributed by atoms with Gasteiger partial charge in [0.1, 0.15) is 5.75 Å². The van der Waals surface area contributed by atoms with Crippen LogP contribution in [0.25, 0.3) is 0 Å². The minimum Gasteiger partial charge on any atom is -0.340 e. The highest BCUT2D eigenvalue weighted by molar-refractivity contribution is 7.92. The molecule has 22 heavy (non-hydrogen) atoms. The van der Waals surface area contributed by atoms with Gasteiger partial charge in [-0.25, -0.2) is 8.42 Å². The van der Waals surface area contributed by atoms with E-state index in [1.54, 1.807) is 0 Å². The lowest BCUT2D eigenvalue weighted by Crippen LogP contribution is -2.51. The molecule has 0 heterocycles. The molecular formula is C14H17Cl2NO4S. The van der Waals surface area contributed by atoms with Gasteiger partial charge in [0.05, 0.1) is 5.54 Å². The first kappa shape index (κ1) is 18.9. The average Bonchev–Trinajstić information content (AvgIpc) is 2.36. The zero-order valence-electron chi connectivity index (χ0n) is 12.4. The third kappa shape index (κ3) is 5.26. The van der Waals surface area contributed by atoms with Crippen molar-refractivity contribution in [3.63, 3.8) is 0 Å². The lowest BCUT2D eigenvalue weighted by atomic mass is 9.99. The van der Waals surface area contributed by atoms with E-state index in [2.05, 4.69) is 5.32 Å². The molecule has 1 N–H and O–H groups in total. The maximum absolute atomic E-state index is 12.2. The molecule has 8 heteroatoms. The van der Waals surface area contributed by atoms with Crippen molar-refractivity contribution in [3.8, 4) is 0 Å². The van der Waals surface area contributed by atoms with Crippen molar-refractivity contribution in [1.29, 1.82) is 0 Å². The summed E-state index contributed by atoms with van der Waals surface area (Å²) in [6.07, 6.45) is 0. The highest BCUT2D eigenvalue weighted by atomic mass is 35.5. The number of carbonyl (C=O) groups is 2. The molecule has 0 atom stereocenters. The monoisotopic (exact) mass is 365 g/mol. The molecule has 0 aromatic heterocycles. The van der Waals surface area contributed by atoms with Crippen molar-refractivity contribution in [2.75, 3.05) is 11.5 Å². The van der Waals surface area contributed by atoms with Crippen LogP contribution >= 0.6 is 23.2 Å². The summed E-state index contributed by atoms with van der Waals surface area (Å²) in [6, 6.07) is 4.29. The molecule has 0 aliphatic heterocycles. The van der Waals surface area contributed by atoms with E-state index < -0.39 is 32.8 Å². The van der Waals surface area contributed by atoms with Crippen LogP contribution in [0.3, 0.4) is 0 Å². The maximum atomic E-state index is 12.2. The van der Waals surface area contributed by atoms with E-state index in [1.165, 1.54) is 39.0 Å². The summed E-state index contributed by atoms with van der Waals surface area (Å²) in [4.78, 5) is 24.3. The van der Waals surface area contributed by atoms with E-state index in [0.717, 1.165) is 0 Å². The molecule has 0 bridgehead atoms. The summed E-state index contributed by atoms with van der Waals surface area (Å²) >= 11 is 11.6. The quantitative estimate of drug-likeness (QED) is 0.839. The van der Waals surface area contributed by atoms with Crippen LogP contribution < -0.4 is 5.32 Å². The SMILES string of the molecule is CCS(=O)(=O)CC(=O)C(C)(C)NC(=O)c1cc(Cl)cc(Cl)c1. The number of nitrogens with one attached hydrogen (secondary N) is 1. The average molecular weight is 366 g/mol. The number of sulfone groups is 1. The van der Waals surface area contributed by atoms with Crippen molar-refractivity contribution in [3.05, 3.63) is 33.8 Å². The largest absolute Gasteiger partial charge is 0.340 e. The van der Waals surface area contributed by atoms with Gasteiger partial charge >= 0.3 is 0 Å². The molecule has 122 valence electrons. The molecule has 5 nitrogen and oxygen atoms in total. The van der Waals surface area contributed by atoms with E-state index in [0.29, 0.717) is 0 Å². The van der Waals surface area contributed by atoms with Gasteiger partial charge in [0.2, 0.25) is 0 Å². The van der Waals surface area contributed by atoms with Crippen LogP contribution in [0, 0.1) is 0 Å². The molecule has 0 spiro atoms. The van der Waals surface area contributed by atoms with Crippen molar-refractivity contribution < 1.29 is 18.0 Å². The smallest absolute Gasteiger partial charge is 0.252 e. The van der Waals surface area contributed by atoms with E-state index in [4.69, 9.17) is 23.2 Å². The first-order valence-electron chi connectivity index (χ1n) is 6.49. The fourth-order valence-corrected chi connectivity index (χ4v) is 3.08. The number of hydrogen-bond donors (Lipinski definition) is 1. The molecule has 1 amide bonds. The Bertz CT molecular complexity index is 679. The predicted molar refractivity (Wildman–Crippen MR) is 87.3 cm³/mol. The molecule has 0 unspecified atom stereocenters. The summed E-state index contributed by atoms with van der Waals surface area (Å²) in [5.41, 5.74) is -1.13. The number of amides is 1. The lowest BCUT2D eigenvalue weighted by molar-refractivity contribution is -0.121. The van der Waals surface area contributed by atoms with E-state index in [-0.39, 0.29) is 21.4 Å². The number of ketones is 1. The molecule has 1 aromatic rings. The third-order valence-corrected chi connectivity index (χ3v) is 5.06. The second-order valence-electron chi connectivity index (χ2n) is 5.34. The molecule has 1 aromatic carbocycles. The molecule has 0 radical (unpaired) electrons. The third-order valence-electron chi connectivity index (χ3n) is 3.04. The summed E-state index contributed by atoms with van der Waals surface area (Å²) in [7, 11) is -3.46. The summed E-state index contributed by atoms with van der Waals surface area (Å²) in [5.74, 6) is -1.90. The normalized spacial score (nSPS) is 12.0. The Morgan fingerprint density at radius 2 is 1.64 bits per heavy atom. The lowest BCUT2D eigenvalue weighted by Gasteiger charge is -2.24. The van der Waals surface area contributed by atoms with E-state index in [1.807, 2.05) is 0 Å². The summed E-state index contributed by atoms with van der Waals surface area (Å²) in [5, 5.41) is 3.08. The Morgan fingerprint density at radius 3 is 2.09 bits per heavy atom. The van der Waals surface area contributed by atoms with Gasteiger partial charge in [-0.2, -0.15) is 0 Å². The topological polar surface area (TPSA) is 80.3 Å². The zero-order valence-corrected chi connectivity index (χ0v) is 14.8. The Kier molecular flexibility index (Phi) is 6.01. The van der Waals surface area contributed by atoms with Crippen molar-refractivity contribution in [2.45, 2.75) is 26.3 Å². The Morgan fingerprint density at radius 1 is 1.14 bits per heavy atom. The molecule has 0 saturated heterocycles. The first-order chi connectivity index (χ1) is 9.97. The van der Waals surface area contributed by atoms with Crippen molar-refractivity contribution in [2.24, 2.45) is 0 Å². The maximum Gasteiger partial charge on any atom is 0.252 e. The fraction of sp³-hybridized carbons (Fsp3) is 0.429. The minimum absolute atomic E-state index is 0.132. The highest BCUT2D eigenvalue weighted by Gasteiger charge is 2.32. The van der Waals surface area contributed by atoms with Crippen LogP contribution in [-0.4, -0.2) is 37.2 Å². The van der Waals surface area contributed by atoms with Gasteiger partial charge in [-0.1, -0.05) is 30.1 Å². The van der Waals surface area contributed by atoms with Crippen LogP contribution in [0.15, 0.2) is 18.2 Å². The van der Waals surface area contributed by atoms with E-state index >= 15 is 0 Å². The van der Waals surface area contributed by atoms with E-state index in [9.17, 15) is 18.0 Å². The van der Waals surface area contributed by atoms with Gasteiger partial charge in [0.15, 0.2) is 15.6 Å². The van der Waals surface area contributed by atoms with Crippen LogP contribution in [-0.2, 0) is 14.6 Å². The van der Waals surface area contributed by atoms with Crippen LogP contribution in [0.4, 0.5) is 0 Å². The van der Waals surface area contributed by atoms with Gasteiger partial charge < -0.3 is 5.32 Å². The number of hydrogen-bond acceptors (Lipinski definition) is 4. The minimum atomic E-state index is -3.46. The van der Waals surface area contributed by atoms with Gasteiger partial charge in [-0.3, -0.25) is 9.59 Å². The zero-order chi connectivity index (χ0) is 17.1. The van der Waals surface area contributed by atoms with Crippen LogP contribution in [0.2, 0.25) is 10.0 Å². The van der Waals surface area contributed by atoms with Gasteiger partial charge in [0.25, 0.3) is 5.91 Å². The Labute approximate surface area is 139 Å². The molecule has 1 rings (SSSR count). The molecule has 0 aliphatic rings. The molecular weight excluding hydrogens is 349 g/mol. The second kappa shape index (κ2) is 6.98. The predicted octanol–water partition coefficient (Wildman–Crippen LogP) is 2.51. The van der Waals surface area contributed by atoms with Crippen LogP contribution in [0.1, 0.15) is 31.1 Å². The number of rotatable bonds is 6. The molecule has 0 saturated carbocycles. The van der Waals surface area contributed by atoms with Crippen molar-refractivity contribution in [1.82, 2.24) is 5.32 Å². The Hall–Kier alpha value is -1.11. The summed E-state index contributed by atoms with van der Waals surface area (Å²) in [6.45, 7) is 4.36. The fourth-order valence-electron chi connectivity index (χ4n) is 1.59. The second-order valence-corrected chi connectivity index (χ2v) is 8.56. The number of benzene rings is 1. The number of Topliss-reactive ketones (excluding diaryl/α,β-unsaturated/α-hetero) is 1. The first-order valence-corrected chi connectivity index (χ1v) is 9.07. The Balaban J connectivity index is 2.91. The standard InChI is InChI=1S/C14H17Cl2NO4S/c1-4-22(20,21)8-12(18)14(2,3)17-13(19)9-5-10(15)7-11(16)6-9/h5-7H,4,8H2,1-3H3,(H,17,19). The van der Waals surface area contributed by atoms with Crippen LogP contribution in [0.5, 0.6) is 0 Å². The molecule has 0 fully saturated rings. The summed E-state index contributed by atoms with van der Waals surface area (Å²) < 4.78 is 23.1. The highest BCUT2D eigenvalue weighted by Crippen LogP contribution is 2.19. The van der Waals surface area contributed by atoms with Gasteiger partial charge in [-0.05, 0) is 32.0 Å². The molecule has 0 aliphatic carbocycles. The number of carbonyl (C=O) groups excluding carboxylic acids is 2.